The zero-order valence-electron chi connectivity index (χ0n) is 13.3. The van der Waals surface area contributed by atoms with E-state index in [0.717, 1.165) is 18.4 Å². The molecule has 1 aliphatic rings. The van der Waals surface area contributed by atoms with E-state index in [9.17, 15) is 13.2 Å². The van der Waals surface area contributed by atoms with E-state index in [1.165, 1.54) is 18.2 Å². The van der Waals surface area contributed by atoms with Gasteiger partial charge >= 0.3 is 0 Å². The first kappa shape index (κ1) is 17.7. The molecule has 130 valence electrons. The molecule has 7 heteroatoms. The summed E-state index contributed by atoms with van der Waals surface area (Å²) < 4.78 is 27.0. The van der Waals surface area contributed by atoms with Crippen molar-refractivity contribution in [2.75, 3.05) is 5.32 Å². The van der Waals surface area contributed by atoms with Crippen LogP contribution in [-0.4, -0.2) is 20.4 Å². The van der Waals surface area contributed by atoms with E-state index in [4.69, 9.17) is 11.6 Å². The quantitative estimate of drug-likeness (QED) is 0.758. The van der Waals surface area contributed by atoms with E-state index < -0.39 is 10.0 Å². The maximum atomic E-state index is 12.2. The predicted octanol–water partition coefficient (Wildman–Crippen LogP) is 3.43. The third-order valence-corrected chi connectivity index (χ3v) is 5.38. The first-order valence-electron chi connectivity index (χ1n) is 7.79. The normalized spacial score (nSPS) is 14.6. The molecule has 1 aliphatic carbocycles. The molecule has 0 unspecified atom stereocenters. The molecule has 1 saturated carbocycles. The van der Waals surface area contributed by atoms with E-state index in [-0.39, 0.29) is 16.8 Å². The largest absolute Gasteiger partial charge is 0.322 e. The lowest BCUT2D eigenvalue weighted by molar-refractivity contribution is -0.111. The molecule has 0 bridgehead atoms. The van der Waals surface area contributed by atoms with Crippen molar-refractivity contribution in [3.8, 4) is 0 Å². The molecule has 0 spiro atoms. The van der Waals surface area contributed by atoms with Crippen LogP contribution in [0.15, 0.2) is 59.5 Å². The molecule has 1 amide bonds. The van der Waals surface area contributed by atoms with Gasteiger partial charge in [-0.05, 0) is 54.8 Å². The van der Waals surface area contributed by atoms with Gasteiger partial charge in [0.1, 0.15) is 0 Å². The minimum Gasteiger partial charge on any atom is -0.322 e. The van der Waals surface area contributed by atoms with Crippen molar-refractivity contribution < 1.29 is 13.2 Å². The molecule has 0 heterocycles. The minimum atomic E-state index is -3.55. The lowest BCUT2D eigenvalue weighted by Crippen LogP contribution is -2.25. The van der Waals surface area contributed by atoms with Gasteiger partial charge in [-0.2, -0.15) is 0 Å². The van der Waals surface area contributed by atoms with Gasteiger partial charge in [-0.15, -0.1) is 0 Å². The topological polar surface area (TPSA) is 75.3 Å². The Morgan fingerprint density at radius 1 is 1.12 bits per heavy atom. The summed E-state index contributed by atoms with van der Waals surface area (Å²) in [6.07, 6.45) is 4.77. The second-order valence-electron chi connectivity index (χ2n) is 5.80. The minimum absolute atomic E-state index is 0.0329. The smallest absolute Gasteiger partial charge is 0.248 e. The molecule has 3 rings (SSSR count). The van der Waals surface area contributed by atoms with Crippen LogP contribution >= 0.6 is 11.6 Å². The molecule has 0 atom stereocenters. The van der Waals surface area contributed by atoms with E-state index in [2.05, 4.69) is 10.0 Å². The van der Waals surface area contributed by atoms with Gasteiger partial charge in [0.05, 0.1) is 4.90 Å². The number of carbonyl (C=O) groups is 1. The molecule has 25 heavy (non-hydrogen) atoms. The Morgan fingerprint density at radius 3 is 2.52 bits per heavy atom. The Balaban J connectivity index is 1.67. The molecule has 1 fully saturated rings. The van der Waals surface area contributed by atoms with Gasteiger partial charge in [-0.25, -0.2) is 13.1 Å². The maximum absolute atomic E-state index is 12.2. The fourth-order valence-electron chi connectivity index (χ4n) is 2.16. The Labute approximate surface area is 151 Å². The van der Waals surface area contributed by atoms with Crippen LogP contribution in [0, 0.1) is 0 Å². The molecule has 0 saturated heterocycles. The summed E-state index contributed by atoms with van der Waals surface area (Å²) in [7, 11) is -3.55. The number of amides is 1. The number of hydrogen-bond donors (Lipinski definition) is 2. The lowest BCUT2D eigenvalue weighted by Gasteiger charge is -2.08. The number of sulfonamides is 1. The average Bonchev–Trinajstić information content (AvgIpc) is 3.38. The summed E-state index contributed by atoms with van der Waals surface area (Å²) in [5, 5.41) is 3.29. The summed E-state index contributed by atoms with van der Waals surface area (Å²) in [5.41, 5.74) is 1.26. The van der Waals surface area contributed by atoms with Crippen LogP contribution in [0.2, 0.25) is 5.02 Å². The summed E-state index contributed by atoms with van der Waals surface area (Å²) in [6.45, 7) is 0. The second kappa shape index (κ2) is 7.39. The number of nitrogens with one attached hydrogen (secondary N) is 2. The van der Waals surface area contributed by atoms with Gasteiger partial charge in [0.2, 0.25) is 15.9 Å². The fourth-order valence-corrected chi connectivity index (χ4v) is 3.64. The molecule has 5 nitrogen and oxygen atoms in total. The monoisotopic (exact) mass is 376 g/mol. The van der Waals surface area contributed by atoms with Gasteiger partial charge in [0, 0.05) is 22.8 Å². The van der Waals surface area contributed by atoms with Crippen molar-refractivity contribution in [2.45, 2.75) is 23.8 Å². The molecule has 0 aliphatic heterocycles. The van der Waals surface area contributed by atoms with Crippen LogP contribution in [0.3, 0.4) is 0 Å². The van der Waals surface area contributed by atoms with E-state index in [1.54, 1.807) is 42.5 Å². The highest BCUT2D eigenvalue weighted by Gasteiger charge is 2.28. The zero-order chi connectivity index (χ0) is 17.9. The van der Waals surface area contributed by atoms with Crippen molar-refractivity contribution in [1.82, 2.24) is 4.72 Å². The summed E-state index contributed by atoms with van der Waals surface area (Å²) in [5.74, 6) is -0.348. The molecule has 0 radical (unpaired) electrons. The van der Waals surface area contributed by atoms with Crippen LogP contribution in [0.5, 0.6) is 0 Å². The summed E-state index contributed by atoms with van der Waals surface area (Å²) in [4.78, 5) is 12.2. The average molecular weight is 377 g/mol. The van der Waals surface area contributed by atoms with E-state index >= 15 is 0 Å². The van der Waals surface area contributed by atoms with Crippen molar-refractivity contribution in [3.05, 3.63) is 65.2 Å². The van der Waals surface area contributed by atoms with E-state index in [0.29, 0.717) is 10.7 Å². The molecule has 2 aromatic carbocycles. The van der Waals surface area contributed by atoms with Crippen LogP contribution in [0.25, 0.3) is 6.08 Å². The van der Waals surface area contributed by atoms with Crippen LogP contribution < -0.4 is 10.0 Å². The van der Waals surface area contributed by atoms with Crippen LogP contribution in [-0.2, 0) is 14.8 Å². The Hall–Kier alpha value is -2.15. The predicted molar refractivity (Wildman–Crippen MR) is 98.9 cm³/mol. The standard InChI is InChI=1S/C18H17ClN2O3S/c19-14-7-4-13(5-8-14)6-11-18(22)20-16-2-1-3-17(12-16)25(23,24)21-15-9-10-15/h1-8,11-12,15,21H,9-10H2,(H,20,22)/b11-6+. The number of carbonyl (C=O) groups excluding carboxylic acids is 1. The summed E-state index contributed by atoms with van der Waals surface area (Å²) in [6, 6.07) is 13.3. The van der Waals surface area contributed by atoms with Crippen molar-refractivity contribution >= 4 is 39.3 Å². The molecule has 2 N–H and O–H groups in total. The first-order valence-corrected chi connectivity index (χ1v) is 9.65. The third kappa shape index (κ3) is 5.16. The highest BCUT2D eigenvalue weighted by molar-refractivity contribution is 7.89. The highest BCUT2D eigenvalue weighted by Crippen LogP contribution is 2.23. The number of hydrogen-bond acceptors (Lipinski definition) is 3. The molecule has 0 aromatic heterocycles. The molecular weight excluding hydrogens is 360 g/mol. The van der Waals surface area contributed by atoms with Crippen LogP contribution in [0.4, 0.5) is 5.69 Å². The maximum Gasteiger partial charge on any atom is 0.248 e. The first-order chi connectivity index (χ1) is 11.9. The van der Waals surface area contributed by atoms with Gasteiger partial charge in [-0.1, -0.05) is 29.8 Å². The van der Waals surface area contributed by atoms with Gasteiger partial charge < -0.3 is 5.32 Å². The Kier molecular flexibility index (Phi) is 5.22. The van der Waals surface area contributed by atoms with E-state index in [1.807, 2.05) is 0 Å². The van der Waals surface area contributed by atoms with Crippen LogP contribution in [0.1, 0.15) is 18.4 Å². The Bertz CT molecular complexity index is 904. The third-order valence-electron chi connectivity index (χ3n) is 3.61. The summed E-state index contributed by atoms with van der Waals surface area (Å²) >= 11 is 5.81. The lowest BCUT2D eigenvalue weighted by atomic mass is 10.2. The number of rotatable bonds is 6. The highest BCUT2D eigenvalue weighted by atomic mass is 35.5. The SMILES string of the molecule is O=C(/C=C/c1ccc(Cl)cc1)Nc1cccc(S(=O)(=O)NC2CC2)c1. The number of benzene rings is 2. The fraction of sp³-hybridized carbons (Fsp3) is 0.167. The van der Waals surface area contributed by atoms with Crippen molar-refractivity contribution in [2.24, 2.45) is 0 Å². The Morgan fingerprint density at radius 2 is 1.84 bits per heavy atom. The van der Waals surface area contributed by atoms with Crippen molar-refractivity contribution in [1.29, 1.82) is 0 Å². The zero-order valence-corrected chi connectivity index (χ0v) is 14.8. The number of anilines is 1. The second-order valence-corrected chi connectivity index (χ2v) is 7.95. The molecular formula is C18H17ClN2O3S. The van der Waals surface area contributed by atoms with Gasteiger partial charge in [0.15, 0.2) is 0 Å². The van der Waals surface area contributed by atoms with Gasteiger partial charge in [-0.3, -0.25) is 4.79 Å². The van der Waals surface area contributed by atoms with Crippen molar-refractivity contribution in [3.63, 3.8) is 0 Å². The molecule has 2 aromatic rings. The van der Waals surface area contributed by atoms with Gasteiger partial charge in [0.25, 0.3) is 0 Å². The number of halogens is 1.